The lowest BCUT2D eigenvalue weighted by molar-refractivity contribution is 0.490. The highest BCUT2D eigenvalue weighted by Gasteiger charge is 2.15. The lowest BCUT2D eigenvalue weighted by Crippen LogP contribution is -2.11. The van der Waals surface area contributed by atoms with E-state index in [9.17, 15) is 0 Å². The van der Waals surface area contributed by atoms with Gasteiger partial charge in [-0.3, -0.25) is 0 Å². The number of nitrogens with two attached hydrogens (primary N) is 1. The largest absolute Gasteiger partial charge is 0.467 e. The van der Waals surface area contributed by atoms with Gasteiger partial charge >= 0.3 is 0 Å². The highest BCUT2D eigenvalue weighted by atomic mass is 79.9. The van der Waals surface area contributed by atoms with E-state index in [2.05, 4.69) is 15.9 Å². The van der Waals surface area contributed by atoms with Crippen LogP contribution in [0.3, 0.4) is 0 Å². The third kappa shape index (κ3) is 2.09. The molecule has 0 fully saturated rings. The second-order valence-corrected chi connectivity index (χ2v) is 4.37. The quantitative estimate of drug-likeness (QED) is 0.913. The summed E-state index contributed by atoms with van der Waals surface area (Å²) in [7, 11) is 0. The van der Waals surface area contributed by atoms with E-state index < -0.39 is 0 Å². The zero-order valence-electron chi connectivity index (χ0n) is 7.78. The van der Waals surface area contributed by atoms with Crippen LogP contribution in [-0.4, -0.2) is 0 Å². The maximum absolute atomic E-state index is 6.14. The molecule has 2 aromatic rings. The van der Waals surface area contributed by atoms with Crippen molar-refractivity contribution in [1.82, 2.24) is 0 Å². The summed E-state index contributed by atoms with van der Waals surface area (Å²) in [4.78, 5) is 0. The summed E-state index contributed by atoms with van der Waals surface area (Å²) in [6, 6.07) is 8.97. The SMILES string of the molecule is NC(c1ccco1)c1cccc(Br)c1Cl. The van der Waals surface area contributed by atoms with E-state index in [0.717, 1.165) is 10.0 Å². The maximum Gasteiger partial charge on any atom is 0.125 e. The van der Waals surface area contributed by atoms with E-state index in [1.165, 1.54) is 0 Å². The zero-order valence-corrected chi connectivity index (χ0v) is 10.1. The van der Waals surface area contributed by atoms with Crippen molar-refractivity contribution in [3.8, 4) is 0 Å². The molecule has 4 heteroatoms. The third-order valence-corrected chi connectivity index (χ3v) is 3.48. The second-order valence-electron chi connectivity index (χ2n) is 3.14. The minimum absolute atomic E-state index is 0.329. The van der Waals surface area contributed by atoms with Crippen molar-refractivity contribution in [2.24, 2.45) is 5.73 Å². The molecule has 0 saturated heterocycles. The molecule has 0 bridgehead atoms. The standard InChI is InChI=1S/C11H9BrClNO/c12-8-4-1-3-7(10(8)13)11(14)9-5-2-6-15-9/h1-6,11H,14H2. The Kier molecular flexibility index (Phi) is 3.14. The fraction of sp³-hybridized carbons (Fsp3) is 0.0909. The minimum Gasteiger partial charge on any atom is -0.467 e. The first-order valence-corrected chi connectivity index (χ1v) is 5.60. The predicted molar refractivity (Wildman–Crippen MR) is 63.9 cm³/mol. The molecule has 1 heterocycles. The van der Waals surface area contributed by atoms with E-state index in [1.807, 2.05) is 24.3 Å². The van der Waals surface area contributed by atoms with Gasteiger partial charge in [-0.1, -0.05) is 23.7 Å². The molecule has 1 aromatic heterocycles. The molecule has 0 aliphatic carbocycles. The molecule has 0 spiro atoms. The van der Waals surface area contributed by atoms with Crippen LogP contribution in [0.1, 0.15) is 17.4 Å². The third-order valence-electron chi connectivity index (χ3n) is 2.17. The van der Waals surface area contributed by atoms with Crippen molar-refractivity contribution in [2.75, 3.05) is 0 Å². The van der Waals surface area contributed by atoms with Gasteiger partial charge in [-0.2, -0.15) is 0 Å². The lowest BCUT2D eigenvalue weighted by atomic mass is 10.1. The average molecular weight is 287 g/mol. The zero-order chi connectivity index (χ0) is 10.8. The lowest BCUT2D eigenvalue weighted by Gasteiger charge is -2.11. The molecule has 1 aromatic carbocycles. The van der Waals surface area contributed by atoms with Crippen LogP contribution >= 0.6 is 27.5 Å². The summed E-state index contributed by atoms with van der Waals surface area (Å²) >= 11 is 9.50. The van der Waals surface area contributed by atoms with Crippen LogP contribution in [0.15, 0.2) is 45.5 Å². The Morgan fingerprint density at radius 1 is 1.27 bits per heavy atom. The molecule has 1 unspecified atom stereocenters. The molecule has 15 heavy (non-hydrogen) atoms. The van der Waals surface area contributed by atoms with Gasteiger partial charge in [-0.05, 0) is 39.7 Å². The van der Waals surface area contributed by atoms with Gasteiger partial charge in [-0.25, -0.2) is 0 Å². The van der Waals surface area contributed by atoms with Gasteiger partial charge in [0.15, 0.2) is 0 Å². The summed E-state index contributed by atoms with van der Waals surface area (Å²) in [5.74, 6) is 0.704. The number of furan rings is 1. The smallest absolute Gasteiger partial charge is 0.125 e. The molecule has 0 amide bonds. The Bertz CT molecular complexity index is 456. The number of hydrogen-bond donors (Lipinski definition) is 1. The normalized spacial score (nSPS) is 12.7. The summed E-state index contributed by atoms with van der Waals surface area (Å²) in [6.45, 7) is 0. The van der Waals surface area contributed by atoms with E-state index in [1.54, 1.807) is 12.3 Å². The van der Waals surface area contributed by atoms with Gasteiger partial charge in [0.25, 0.3) is 0 Å². The fourth-order valence-corrected chi connectivity index (χ4v) is 2.01. The molecular formula is C11H9BrClNO. The van der Waals surface area contributed by atoms with Crippen LogP contribution in [0.2, 0.25) is 5.02 Å². The van der Waals surface area contributed by atoms with Crippen LogP contribution < -0.4 is 5.73 Å². The highest BCUT2D eigenvalue weighted by Crippen LogP contribution is 2.32. The first-order chi connectivity index (χ1) is 7.20. The number of rotatable bonds is 2. The van der Waals surface area contributed by atoms with Crippen molar-refractivity contribution in [3.05, 3.63) is 57.4 Å². The van der Waals surface area contributed by atoms with Crippen LogP contribution in [-0.2, 0) is 0 Å². The molecule has 2 N–H and O–H groups in total. The van der Waals surface area contributed by atoms with Crippen molar-refractivity contribution in [2.45, 2.75) is 6.04 Å². The van der Waals surface area contributed by atoms with Gasteiger partial charge in [0.1, 0.15) is 5.76 Å². The molecule has 0 aliphatic heterocycles. The van der Waals surface area contributed by atoms with Crippen molar-refractivity contribution in [3.63, 3.8) is 0 Å². The summed E-state index contributed by atoms with van der Waals surface area (Å²) < 4.78 is 6.08. The Morgan fingerprint density at radius 2 is 2.07 bits per heavy atom. The topological polar surface area (TPSA) is 39.2 Å². The molecule has 0 aliphatic rings. The molecule has 1 atom stereocenters. The number of hydrogen-bond acceptors (Lipinski definition) is 2. The molecule has 0 radical (unpaired) electrons. The van der Waals surface area contributed by atoms with Crippen LogP contribution in [0.25, 0.3) is 0 Å². The monoisotopic (exact) mass is 285 g/mol. The molecular weight excluding hydrogens is 277 g/mol. The highest BCUT2D eigenvalue weighted by molar-refractivity contribution is 9.10. The Labute approximate surface area is 101 Å². The van der Waals surface area contributed by atoms with Gasteiger partial charge in [0.05, 0.1) is 17.3 Å². The first kappa shape index (κ1) is 10.7. The van der Waals surface area contributed by atoms with Gasteiger partial charge in [0, 0.05) is 4.47 Å². The summed E-state index contributed by atoms with van der Waals surface area (Å²) in [6.07, 6.45) is 1.60. The number of benzene rings is 1. The minimum atomic E-state index is -0.329. The van der Waals surface area contributed by atoms with Gasteiger partial charge < -0.3 is 10.2 Å². The van der Waals surface area contributed by atoms with E-state index in [4.69, 9.17) is 21.8 Å². The van der Waals surface area contributed by atoms with Crippen LogP contribution in [0, 0.1) is 0 Å². The van der Waals surface area contributed by atoms with E-state index in [-0.39, 0.29) is 6.04 Å². The Morgan fingerprint density at radius 3 is 2.73 bits per heavy atom. The molecule has 78 valence electrons. The number of halogens is 2. The molecule has 0 saturated carbocycles. The second kappa shape index (κ2) is 4.39. The molecule has 2 nitrogen and oxygen atoms in total. The maximum atomic E-state index is 6.14. The van der Waals surface area contributed by atoms with Crippen LogP contribution in [0.4, 0.5) is 0 Å². The van der Waals surface area contributed by atoms with E-state index in [0.29, 0.717) is 10.8 Å². The fourth-order valence-electron chi connectivity index (χ4n) is 1.38. The van der Waals surface area contributed by atoms with Crippen LogP contribution in [0.5, 0.6) is 0 Å². The summed E-state index contributed by atoms with van der Waals surface area (Å²) in [5.41, 5.74) is 6.88. The van der Waals surface area contributed by atoms with Crippen molar-refractivity contribution in [1.29, 1.82) is 0 Å². The van der Waals surface area contributed by atoms with Gasteiger partial charge in [0.2, 0.25) is 0 Å². The molecule has 2 rings (SSSR count). The average Bonchev–Trinajstić information content (AvgIpc) is 2.74. The van der Waals surface area contributed by atoms with Crippen molar-refractivity contribution >= 4 is 27.5 Å². The van der Waals surface area contributed by atoms with E-state index >= 15 is 0 Å². The van der Waals surface area contributed by atoms with Crippen molar-refractivity contribution < 1.29 is 4.42 Å². The van der Waals surface area contributed by atoms with Gasteiger partial charge in [-0.15, -0.1) is 0 Å². The first-order valence-electron chi connectivity index (χ1n) is 4.43. The summed E-state index contributed by atoms with van der Waals surface area (Å²) in [5, 5.41) is 0.626. The Hall–Kier alpha value is -0.770. The predicted octanol–water partition coefficient (Wildman–Crippen LogP) is 3.74. The Balaban J connectivity index is 2.42.